The molecule has 7 amide bonds. The number of carbonyl (C=O) groups excluding carboxylic acids is 7. The molecule has 0 aromatic carbocycles. The summed E-state index contributed by atoms with van der Waals surface area (Å²) < 4.78 is 0. The van der Waals surface area contributed by atoms with Crippen LogP contribution in [0, 0.1) is 0 Å². The maximum atomic E-state index is 13.4. The normalized spacial score (nSPS) is 19.0. The lowest BCUT2D eigenvalue weighted by Crippen LogP contribution is -2.61. The predicted octanol–water partition coefficient (Wildman–Crippen LogP) is -5.57. The van der Waals surface area contributed by atoms with E-state index < -0.39 is 90.3 Å². The molecule has 1 aliphatic rings. The highest BCUT2D eigenvalue weighted by molar-refractivity contribution is 5.97. The van der Waals surface area contributed by atoms with Gasteiger partial charge in [0.2, 0.25) is 35.4 Å². The molecule has 18 heteroatoms. The van der Waals surface area contributed by atoms with Crippen molar-refractivity contribution < 1.29 is 49.0 Å². The van der Waals surface area contributed by atoms with Gasteiger partial charge in [-0.05, 0) is 40.0 Å². The minimum atomic E-state index is -1.56. The summed E-state index contributed by atoms with van der Waals surface area (Å²) in [6, 6.07) is -6.52. The third-order valence-corrected chi connectivity index (χ3v) is 6.22. The van der Waals surface area contributed by atoms with Crippen LogP contribution in [0.15, 0.2) is 0 Å². The van der Waals surface area contributed by atoms with E-state index in [-0.39, 0.29) is 25.8 Å². The maximum absolute atomic E-state index is 13.4. The van der Waals surface area contributed by atoms with E-state index in [1.165, 1.54) is 26.3 Å². The van der Waals surface area contributed by atoms with Gasteiger partial charge in [0.05, 0.1) is 24.8 Å². The highest BCUT2D eigenvalue weighted by atomic mass is 16.5. The van der Waals surface area contributed by atoms with Gasteiger partial charge >= 0.3 is 0 Å². The van der Waals surface area contributed by atoms with Gasteiger partial charge in [0.15, 0.2) is 0 Å². The summed E-state index contributed by atoms with van der Waals surface area (Å²) in [7, 11) is 0. The Kier molecular flexibility index (Phi) is 14.1. The van der Waals surface area contributed by atoms with Crippen LogP contribution in [0.2, 0.25) is 0 Å². The highest BCUT2D eigenvalue weighted by Gasteiger charge is 2.41. The Morgan fingerprint density at radius 1 is 0.902 bits per heavy atom. The first-order valence-corrected chi connectivity index (χ1v) is 12.9. The van der Waals surface area contributed by atoms with E-state index >= 15 is 0 Å². The number of hydrogen-bond acceptors (Lipinski definition) is 11. The SMILES string of the molecule is CC(O)[C@H](NC(=O)[C@@H]1CCCN1C(=O)[C@@H](NC(=O)[C@H](CCC(N)=O)NC(=O)[C@H](C)N)C(C)O)C(=O)NCC(=O)NO. The topological polar surface area (TPSA) is 296 Å². The van der Waals surface area contributed by atoms with E-state index in [9.17, 15) is 43.8 Å². The average Bonchev–Trinajstić information content (AvgIpc) is 3.39. The molecule has 1 saturated heterocycles. The van der Waals surface area contributed by atoms with Gasteiger partial charge in [0, 0.05) is 13.0 Å². The third-order valence-electron chi connectivity index (χ3n) is 6.22. The van der Waals surface area contributed by atoms with Crippen LogP contribution in [0.3, 0.4) is 0 Å². The second-order valence-corrected chi connectivity index (χ2v) is 9.75. The van der Waals surface area contributed by atoms with E-state index in [4.69, 9.17) is 16.7 Å². The lowest BCUT2D eigenvalue weighted by molar-refractivity contribution is -0.145. The zero-order valence-corrected chi connectivity index (χ0v) is 23.1. The number of aliphatic hydroxyl groups is 2. The number of nitrogens with zero attached hydrogens (tertiary/aromatic N) is 1. The number of likely N-dealkylation sites (tertiary alicyclic amines) is 1. The Labute approximate surface area is 235 Å². The summed E-state index contributed by atoms with van der Waals surface area (Å²) in [6.45, 7) is 3.24. The van der Waals surface area contributed by atoms with Gasteiger partial charge in [-0.15, -0.1) is 0 Å². The summed E-state index contributed by atoms with van der Waals surface area (Å²) in [4.78, 5) is 87.5. The van der Waals surface area contributed by atoms with Crippen molar-refractivity contribution in [2.75, 3.05) is 13.1 Å². The molecule has 12 N–H and O–H groups in total. The van der Waals surface area contributed by atoms with Crippen LogP contribution in [0.25, 0.3) is 0 Å². The van der Waals surface area contributed by atoms with Crippen molar-refractivity contribution in [3.63, 3.8) is 0 Å². The average molecular weight is 589 g/mol. The van der Waals surface area contributed by atoms with E-state index in [0.717, 1.165) is 4.90 Å². The number of hydroxylamine groups is 1. The molecular formula is C23H40N8O10. The number of primary amides is 1. The lowest BCUT2D eigenvalue weighted by Gasteiger charge is -2.32. The van der Waals surface area contributed by atoms with Crippen LogP contribution in [-0.2, 0) is 33.6 Å². The Bertz CT molecular complexity index is 989. The lowest BCUT2D eigenvalue weighted by atomic mass is 10.1. The van der Waals surface area contributed by atoms with E-state index in [0.29, 0.717) is 6.42 Å². The maximum Gasteiger partial charge on any atom is 0.262 e. The number of nitrogens with one attached hydrogen (secondary N) is 5. The second kappa shape index (κ2) is 16.4. The molecule has 0 aromatic rings. The molecule has 41 heavy (non-hydrogen) atoms. The minimum Gasteiger partial charge on any atom is -0.391 e. The van der Waals surface area contributed by atoms with Crippen molar-refractivity contribution in [3.05, 3.63) is 0 Å². The summed E-state index contributed by atoms with van der Waals surface area (Å²) in [5.74, 6) is -5.89. The predicted molar refractivity (Wildman–Crippen MR) is 139 cm³/mol. The molecule has 0 aliphatic carbocycles. The molecule has 2 unspecified atom stereocenters. The van der Waals surface area contributed by atoms with Gasteiger partial charge < -0.3 is 47.8 Å². The third kappa shape index (κ3) is 10.9. The fraction of sp³-hybridized carbons (Fsp3) is 0.696. The standard InChI is InChI=1S/C23H40N8O10/c1-10(24)19(36)27-13(6-7-15(25)34)20(37)29-18(12(3)33)23(40)31-8-4-5-14(31)21(38)28-17(11(2)32)22(39)26-9-16(35)30-41/h10-14,17-18,32-33,41H,4-9,24H2,1-3H3,(H2,25,34)(H,26,39)(H,27,36)(H,28,38)(H,29,37)(H,30,35)/t10-,11?,12?,13-,14-,17-,18-/m0/s1. The van der Waals surface area contributed by atoms with Crippen molar-refractivity contribution in [2.45, 2.75) is 88.9 Å². The largest absolute Gasteiger partial charge is 0.391 e. The Balaban J connectivity index is 3.05. The number of nitrogens with two attached hydrogens (primary N) is 2. The van der Waals surface area contributed by atoms with E-state index in [1.54, 1.807) is 0 Å². The zero-order valence-electron chi connectivity index (χ0n) is 23.1. The van der Waals surface area contributed by atoms with Gasteiger partial charge in [-0.3, -0.25) is 38.8 Å². The van der Waals surface area contributed by atoms with Gasteiger partial charge in [0.25, 0.3) is 5.91 Å². The molecule has 18 nitrogen and oxygen atoms in total. The highest BCUT2D eigenvalue weighted by Crippen LogP contribution is 2.20. The van der Waals surface area contributed by atoms with Crippen LogP contribution in [-0.4, -0.2) is 117 Å². The van der Waals surface area contributed by atoms with Gasteiger partial charge in [-0.25, -0.2) is 5.48 Å². The smallest absolute Gasteiger partial charge is 0.262 e. The molecular weight excluding hydrogens is 548 g/mol. The number of carbonyl (C=O) groups is 7. The number of aliphatic hydroxyl groups excluding tert-OH is 2. The van der Waals surface area contributed by atoms with Crippen molar-refractivity contribution in [3.8, 4) is 0 Å². The quantitative estimate of drug-likeness (QED) is 0.0635. The fourth-order valence-electron chi connectivity index (χ4n) is 3.95. The van der Waals surface area contributed by atoms with Crippen LogP contribution in [0.1, 0.15) is 46.5 Å². The Morgan fingerprint density at radius 2 is 1.51 bits per heavy atom. The molecule has 0 radical (unpaired) electrons. The molecule has 0 aromatic heterocycles. The fourth-order valence-corrected chi connectivity index (χ4v) is 3.95. The molecule has 232 valence electrons. The molecule has 1 heterocycles. The molecule has 1 aliphatic heterocycles. The monoisotopic (exact) mass is 588 g/mol. The summed E-state index contributed by atoms with van der Waals surface area (Å²) in [5.41, 5.74) is 12.0. The first kappa shape index (κ1) is 35.2. The zero-order chi connectivity index (χ0) is 31.4. The minimum absolute atomic E-state index is 0.0603. The van der Waals surface area contributed by atoms with Crippen LogP contribution in [0.4, 0.5) is 0 Å². The van der Waals surface area contributed by atoms with Gasteiger partial charge in [-0.1, -0.05) is 0 Å². The molecule has 0 bridgehead atoms. The molecule has 0 spiro atoms. The van der Waals surface area contributed by atoms with E-state index in [2.05, 4.69) is 21.3 Å². The second-order valence-electron chi connectivity index (χ2n) is 9.75. The Hall–Kier alpha value is -3.87. The van der Waals surface area contributed by atoms with Crippen molar-refractivity contribution >= 4 is 41.4 Å². The van der Waals surface area contributed by atoms with Crippen LogP contribution in [0.5, 0.6) is 0 Å². The van der Waals surface area contributed by atoms with Crippen molar-refractivity contribution in [1.82, 2.24) is 31.6 Å². The first-order chi connectivity index (χ1) is 19.1. The van der Waals surface area contributed by atoms with E-state index in [1.807, 2.05) is 0 Å². The summed E-state index contributed by atoms with van der Waals surface area (Å²) in [5, 5.41) is 38.0. The van der Waals surface area contributed by atoms with Crippen molar-refractivity contribution in [2.24, 2.45) is 11.5 Å². The first-order valence-electron chi connectivity index (χ1n) is 12.9. The van der Waals surface area contributed by atoms with Crippen LogP contribution >= 0.6 is 0 Å². The van der Waals surface area contributed by atoms with Crippen LogP contribution < -0.4 is 38.2 Å². The van der Waals surface area contributed by atoms with Gasteiger partial charge in [0.1, 0.15) is 24.2 Å². The molecule has 7 atom stereocenters. The summed E-state index contributed by atoms with van der Waals surface area (Å²) in [6.07, 6.45) is -2.83. The van der Waals surface area contributed by atoms with Crippen molar-refractivity contribution in [1.29, 1.82) is 0 Å². The van der Waals surface area contributed by atoms with Gasteiger partial charge in [-0.2, -0.15) is 0 Å². The Morgan fingerprint density at radius 3 is 2.02 bits per heavy atom. The summed E-state index contributed by atoms with van der Waals surface area (Å²) >= 11 is 0. The molecule has 0 saturated carbocycles. The number of rotatable bonds is 15. The number of hydrogen-bond donors (Lipinski definition) is 10. The number of amides is 7. The molecule has 1 rings (SSSR count). The molecule has 1 fully saturated rings.